The van der Waals surface area contributed by atoms with Gasteiger partial charge >= 0.3 is 0 Å². The van der Waals surface area contributed by atoms with Crippen LogP contribution in [0, 0.1) is 17.6 Å². The molecular weight excluding hydrogens is 453 g/mol. The smallest absolute Gasteiger partial charge is 0.225 e. The van der Waals surface area contributed by atoms with Crippen LogP contribution in [0.1, 0.15) is 25.8 Å². The lowest BCUT2D eigenvalue weighted by Gasteiger charge is -2.20. The van der Waals surface area contributed by atoms with Gasteiger partial charge in [0.15, 0.2) is 5.96 Å². The molecule has 1 aliphatic rings. The molecule has 1 aromatic carbocycles. The van der Waals surface area contributed by atoms with Crippen LogP contribution in [0.3, 0.4) is 0 Å². The van der Waals surface area contributed by atoms with E-state index in [1.54, 1.807) is 7.05 Å². The first kappa shape index (κ1) is 22.6. The number of rotatable bonds is 5. The molecule has 1 saturated heterocycles. The van der Waals surface area contributed by atoms with Gasteiger partial charge in [-0.25, -0.2) is 8.78 Å². The van der Waals surface area contributed by atoms with Gasteiger partial charge in [0.25, 0.3) is 0 Å². The molecule has 5 nitrogen and oxygen atoms in total. The molecule has 1 heterocycles. The van der Waals surface area contributed by atoms with Crippen LogP contribution in [0.5, 0.6) is 0 Å². The highest BCUT2D eigenvalue weighted by Gasteiger charge is 2.27. The Balaban J connectivity index is 0.00000338. The van der Waals surface area contributed by atoms with E-state index in [4.69, 9.17) is 0 Å². The predicted molar refractivity (Wildman–Crippen MR) is 110 cm³/mol. The van der Waals surface area contributed by atoms with Gasteiger partial charge in [0, 0.05) is 44.7 Å². The van der Waals surface area contributed by atoms with Crippen molar-refractivity contribution in [2.24, 2.45) is 10.9 Å². The Kier molecular flexibility index (Phi) is 9.24. The Morgan fingerprint density at radius 3 is 2.73 bits per heavy atom. The van der Waals surface area contributed by atoms with Crippen LogP contribution >= 0.6 is 24.0 Å². The number of carbonyl (C=O) groups is 1. The Labute approximate surface area is 170 Å². The minimum atomic E-state index is -0.576. The second kappa shape index (κ2) is 10.6. The molecule has 0 aromatic heterocycles. The number of hydrogen-bond donors (Lipinski definition) is 2. The van der Waals surface area contributed by atoms with E-state index < -0.39 is 11.6 Å². The van der Waals surface area contributed by atoms with Crippen molar-refractivity contribution < 1.29 is 13.6 Å². The molecule has 0 radical (unpaired) electrons. The number of likely N-dealkylation sites (tertiary alicyclic amines) is 1. The fourth-order valence-corrected chi connectivity index (χ4v) is 2.87. The third-order valence-corrected chi connectivity index (χ3v) is 4.26. The summed E-state index contributed by atoms with van der Waals surface area (Å²) in [5, 5.41) is 6.42. The molecular formula is C18H27F2IN4O. The summed E-state index contributed by atoms with van der Waals surface area (Å²) in [6.45, 7) is 5.68. The fourth-order valence-electron chi connectivity index (χ4n) is 2.87. The molecule has 0 spiro atoms. The Morgan fingerprint density at radius 1 is 1.38 bits per heavy atom. The summed E-state index contributed by atoms with van der Waals surface area (Å²) in [6, 6.07) is 3.75. The van der Waals surface area contributed by atoms with Gasteiger partial charge in [-0.05, 0) is 24.5 Å². The van der Waals surface area contributed by atoms with Gasteiger partial charge in [0.1, 0.15) is 11.6 Å². The average Bonchev–Trinajstić information content (AvgIpc) is 3.03. The van der Waals surface area contributed by atoms with Crippen LogP contribution in [0.2, 0.25) is 0 Å². The Hall–Kier alpha value is -1.45. The number of nitrogens with one attached hydrogen (secondary N) is 2. The van der Waals surface area contributed by atoms with Gasteiger partial charge in [-0.2, -0.15) is 0 Å². The highest BCUT2D eigenvalue weighted by Crippen LogP contribution is 2.13. The zero-order valence-corrected chi connectivity index (χ0v) is 17.7. The molecule has 1 atom stereocenters. The second-order valence-corrected chi connectivity index (χ2v) is 6.55. The van der Waals surface area contributed by atoms with Gasteiger partial charge < -0.3 is 15.5 Å². The zero-order valence-electron chi connectivity index (χ0n) is 15.4. The van der Waals surface area contributed by atoms with E-state index in [9.17, 15) is 13.6 Å². The number of benzene rings is 1. The molecule has 1 aromatic rings. The van der Waals surface area contributed by atoms with Crippen molar-refractivity contribution in [2.75, 3.05) is 26.7 Å². The van der Waals surface area contributed by atoms with E-state index in [2.05, 4.69) is 15.6 Å². The molecule has 0 saturated carbocycles. The van der Waals surface area contributed by atoms with Crippen molar-refractivity contribution in [2.45, 2.75) is 32.7 Å². The maximum absolute atomic E-state index is 13.6. The van der Waals surface area contributed by atoms with Gasteiger partial charge in [-0.3, -0.25) is 9.79 Å². The lowest BCUT2D eigenvalue weighted by Crippen LogP contribution is -2.45. The maximum Gasteiger partial charge on any atom is 0.225 e. The normalized spacial score (nSPS) is 17.2. The summed E-state index contributed by atoms with van der Waals surface area (Å²) in [6.07, 6.45) is 1.29. The summed E-state index contributed by atoms with van der Waals surface area (Å²) in [7, 11) is 1.67. The number of carbonyl (C=O) groups excluding carboxylic acids is 1. The number of nitrogens with zero attached hydrogens (tertiary/aromatic N) is 2. The highest BCUT2D eigenvalue weighted by molar-refractivity contribution is 14.0. The number of guanidine groups is 1. The number of halogens is 3. The zero-order chi connectivity index (χ0) is 18.4. The molecule has 1 fully saturated rings. The first-order chi connectivity index (χ1) is 11.9. The summed E-state index contributed by atoms with van der Waals surface area (Å²) < 4.78 is 26.5. The fraction of sp³-hybridized carbons (Fsp3) is 0.556. The van der Waals surface area contributed by atoms with Crippen molar-refractivity contribution >= 4 is 35.8 Å². The first-order valence-electron chi connectivity index (χ1n) is 8.60. The summed E-state index contributed by atoms with van der Waals surface area (Å²) >= 11 is 0. The monoisotopic (exact) mass is 480 g/mol. The second-order valence-electron chi connectivity index (χ2n) is 6.55. The van der Waals surface area contributed by atoms with Crippen molar-refractivity contribution in [3.05, 3.63) is 35.4 Å². The summed E-state index contributed by atoms with van der Waals surface area (Å²) in [4.78, 5) is 18.0. The number of amides is 1. The van der Waals surface area contributed by atoms with Gasteiger partial charge in [-0.1, -0.05) is 19.9 Å². The standard InChI is InChI=1S/C18H26F2N4O.HI/c1-12(2)17(25)24-9-7-15(11-24)23-18(21-3)22-8-6-13-4-5-14(19)10-16(13)20;/h4-5,10,12,15H,6-9,11H2,1-3H3,(H2,21,22,23);1H. The molecule has 2 rings (SSSR count). The lowest BCUT2D eigenvalue weighted by molar-refractivity contribution is -0.133. The minimum Gasteiger partial charge on any atom is -0.356 e. The van der Waals surface area contributed by atoms with Crippen molar-refractivity contribution in [1.82, 2.24) is 15.5 Å². The van der Waals surface area contributed by atoms with E-state index in [0.29, 0.717) is 31.0 Å². The highest BCUT2D eigenvalue weighted by atomic mass is 127. The molecule has 0 aliphatic carbocycles. The first-order valence-corrected chi connectivity index (χ1v) is 8.60. The molecule has 1 aliphatic heterocycles. The van der Waals surface area contributed by atoms with Crippen LogP contribution in [0.15, 0.2) is 23.2 Å². The minimum absolute atomic E-state index is 0. The summed E-state index contributed by atoms with van der Waals surface area (Å²) in [5.74, 6) is -0.330. The maximum atomic E-state index is 13.6. The van der Waals surface area contributed by atoms with Crippen molar-refractivity contribution in [3.8, 4) is 0 Å². The quantitative estimate of drug-likeness (QED) is 0.387. The third-order valence-electron chi connectivity index (χ3n) is 4.26. The molecule has 0 bridgehead atoms. The van der Waals surface area contributed by atoms with E-state index in [1.807, 2.05) is 18.7 Å². The van der Waals surface area contributed by atoms with Crippen molar-refractivity contribution in [3.63, 3.8) is 0 Å². The molecule has 1 amide bonds. The Bertz CT molecular complexity index is 640. The van der Waals surface area contributed by atoms with Crippen molar-refractivity contribution in [1.29, 1.82) is 0 Å². The van der Waals surface area contributed by atoms with Gasteiger partial charge in [0.05, 0.1) is 0 Å². The van der Waals surface area contributed by atoms with E-state index in [1.165, 1.54) is 12.1 Å². The molecule has 146 valence electrons. The van der Waals surface area contributed by atoms with Crippen LogP contribution in [-0.4, -0.2) is 49.5 Å². The lowest BCUT2D eigenvalue weighted by atomic mass is 10.1. The van der Waals surface area contributed by atoms with E-state index in [-0.39, 0.29) is 41.8 Å². The SMILES string of the molecule is CN=C(NCCc1ccc(F)cc1F)NC1CCN(C(=O)C(C)C)C1.I. The average molecular weight is 480 g/mol. The molecule has 26 heavy (non-hydrogen) atoms. The molecule has 1 unspecified atom stereocenters. The largest absolute Gasteiger partial charge is 0.356 e. The topological polar surface area (TPSA) is 56.7 Å². The third kappa shape index (κ3) is 6.37. The number of aliphatic imine (C=N–C) groups is 1. The van der Waals surface area contributed by atoms with Gasteiger partial charge in [-0.15, -0.1) is 24.0 Å². The predicted octanol–water partition coefficient (Wildman–Crippen LogP) is 2.55. The van der Waals surface area contributed by atoms with Crippen LogP contribution in [-0.2, 0) is 11.2 Å². The molecule has 2 N–H and O–H groups in total. The van der Waals surface area contributed by atoms with E-state index in [0.717, 1.165) is 19.0 Å². The van der Waals surface area contributed by atoms with E-state index >= 15 is 0 Å². The Morgan fingerprint density at radius 2 is 2.12 bits per heavy atom. The summed E-state index contributed by atoms with van der Waals surface area (Å²) in [5.41, 5.74) is 0.457. The van der Waals surface area contributed by atoms with Crippen LogP contribution < -0.4 is 10.6 Å². The van der Waals surface area contributed by atoms with Gasteiger partial charge in [0.2, 0.25) is 5.91 Å². The van der Waals surface area contributed by atoms with Crippen LogP contribution in [0.4, 0.5) is 8.78 Å². The molecule has 8 heteroatoms. The van der Waals surface area contributed by atoms with Crippen LogP contribution in [0.25, 0.3) is 0 Å². The number of hydrogen-bond acceptors (Lipinski definition) is 2.